The molecule has 1 aromatic rings. The van der Waals surface area contributed by atoms with Crippen molar-refractivity contribution in [2.75, 3.05) is 32.1 Å². The van der Waals surface area contributed by atoms with E-state index in [1.807, 2.05) is 6.07 Å². The predicted molar refractivity (Wildman–Crippen MR) is 83.4 cm³/mol. The van der Waals surface area contributed by atoms with E-state index < -0.39 is 9.84 Å². The van der Waals surface area contributed by atoms with Crippen LogP contribution in [0, 0.1) is 0 Å². The first-order chi connectivity index (χ1) is 10.7. The molecule has 0 saturated carbocycles. The first-order valence-electron chi connectivity index (χ1n) is 7.92. The lowest BCUT2D eigenvalue weighted by molar-refractivity contribution is -0.107. The van der Waals surface area contributed by atoms with Crippen LogP contribution >= 0.6 is 0 Å². The number of likely N-dealkylation sites (tertiary alicyclic amines) is 1. The van der Waals surface area contributed by atoms with E-state index in [1.165, 1.54) is 0 Å². The Bertz CT molecular complexity index is 569. The largest absolute Gasteiger partial charge is 0.349 e. The van der Waals surface area contributed by atoms with Gasteiger partial charge in [-0.1, -0.05) is 24.6 Å². The average molecular weight is 325 g/mol. The van der Waals surface area contributed by atoms with Crippen molar-refractivity contribution in [3.05, 3.63) is 30.3 Å². The Labute approximate surface area is 132 Å². The molecule has 0 spiro atoms. The van der Waals surface area contributed by atoms with Crippen LogP contribution in [0.4, 0.5) is 0 Å². The molecule has 0 amide bonds. The molecule has 1 unspecified atom stereocenters. The van der Waals surface area contributed by atoms with Gasteiger partial charge in [0, 0.05) is 6.54 Å². The topological polar surface area (TPSA) is 55.8 Å². The summed E-state index contributed by atoms with van der Waals surface area (Å²) in [5.41, 5.74) is 0. The minimum absolute atomic E-state index is 0.139. The molecule has 2 aliphatic rings. The molecule has 1 aromatic carbocycles. The van der Waals surface area contributed by atoms with E-state index in [0.717, 1.165) is 25.8 Å². The van der Waals surface area contributed by atoms with Crippen molar-refractivity contribution in [1.29, 1.82) is 0 Å². The van der Waals surface area contributed by atoms with Crippen LogP contribution in [0.2, 0.25) is 0 Å². The van der Waals surface area contributed by atoms with Crippen LogP contribution in [0.3, 0.4) is 0 Å². The van der Waals surface area contributed by atoms with Gasteiger partial charge in [0.1, 0.15) is 0 Å². The number of piperidine rings is 1. The molecule has 0 aliphatic carbocycles. The Kier molecular flexibility index (Phi) is 5.13. The Balaban J connectivity index is 1.63. The van der Waals surface area contributed by atoms with Crippen LogP contribution in [0.5, 0.6) is 0 Å². The molecule has 2 saturated heterocycles. The highest BCUT2D eigenvalue weighted by Gasteiger charge is 2.34. The minimum atomic E-state index is -3.23. The second-order valence-corrected chi connectivity index (χ2v) is 7.95. The highest BCUT2D eigenvalue weighted by atomic mass is 32.2. The monoisotopic (exact) mass is 325 g/mol. The van der Waals surface area contributed by atoms with E-state index in [0.29, 0.717) is 24.7 Å². The first kappa shape index (κ1) is 15.9. The zero-order valence-electron chi connectivity index (χ0n) is 12.7. The van der Waals surface area contributed by atoms with Crippen LogP contribution in [-0.2, 0) is 19.3 Å². The lowest BCUT2D eigenvalue weighted by Crippen LogP contribution is -2.48. The third-order valence-electron chi connectivity index (χ3n) is 4.38. The van der Waals surface area contributed by atoms with Gasteiger partial charge in [0.05, 0.1) is 29.9 Å². The summed E-state index contributed by atoms with van der Waals surface area (Å²) >= 11 is 0. The average Bonchev–Trinajstić information content (AvgIpc) is 3.08. The maximum absolute atomic E-state index is 12.4. The molecule has 122 valence electrons. The normalized spacial score (nSPS) is 24.6. The maximum Gasteiger partial charge on any atom is 0.179 e. The second-order valence-electron chi connectivity index (χ2n) is 5.84. The first-order valence-corrected chi connectivity index (χ1v) is 9.57. The lowest BCUT2D eigenvalue weighted by atomic mass is 10.0. The summed E-state index contributed by atoms with van der Waals surface area (Å²) in [6.07, 6.45) is 3.07. The van der Waals surface area contributed by atoms with Gasteiger partial charge in [0.2, 0.25) is 0 Å². The lowest BCUT2D eigenvalue weighted by Gasteiger charge is -2.37. The molecule has 3 rings (SSSR count). The van der Waals surface area contributed by atoms with E-state index in [9.17, 15) is 8.42 Å². The molecule has 22 heavy (non-hydrogen) atoms. The highest BCUT2D eigenvalue weighted by Crippen LogP contribution is 2.24. The maximum atomic E-state index is 12.4. The summed E-state index contributed by atoms with van der Waals surface area (Å²) < 4.78 is 36.1. The summed E-state index contributed by atoms with van der Waals surface area (Å²) in [6, 6.07) is 8.85. The van der Waals surface area contributed by atoms with Crippen molar-refractivity contribution in [3.8, 4) is 0 Å². The second kappa shape index (κ2) is 7.08. The van der Waals surface area contributed by atoms with Crippen molar-refractivity contribution in [1.82, 2.24) is 4.90 Å². The molecule has 0 N–H and O–H groups in total. The van der Waals surface area contributed by atoms with Crippen molar-refractivity contribution < 1.29 is 17.9 Å². The van der Waals surface area contributed by atoms with Gasteiger partial charge in [-0.05, 0) is 31.5 Å². The molecular formula is C16H23NO4S. The van der Waals surface area contributed by atoms with Crippen LogP contribution in [-0.4, -0.2) is 57.7 Å². The van der Waals surface area contributed by atoms with Crippen molar-refractivity contribution in [2.24, 2.45) is 0 Å². The molecule has 2 heterocycles. The van der Waals surface area contributed by atoms with Gasteiger partial charge >= 0.3 is 0 Å². The quantitative estimate of drug-likeness (QED) is 0.824. The molecule has 2 fully saturated rings. The van der Waals surface area contributed by atoms with E-state index in [1.54, 1.807) is 24.3 Å². The molecule has 6 heteroatoms. The molecule has 0 radical (unpaired) electrons. The Morgan fingerprint density at radius 2 is 1.82 bits per heavy atom. The van der Waals surface area contributed by atoms with Crippen molar-refractivity contribution >= 4 is 9.84 Å². The molecule has 0 bridgehead atoms. The third kappa shape index (κ3) is 3.68. The number of nitrogens with zero attached hydrogens (tertiary/aromatic N) is 1. The van der Waals surface area contributed by atoms with Crippen LogP contribution in [0.15, 0.2) is 35.2 Å². The Morgan fingerprint density at radius 3 is 2.55 bits per heavy atom. The molecule has 2 aliphatic heterocycles. The fourth-order valence-corrected chi connectivity index (χ4v) is 4.47. The molecular weight excluding hydrogens is 302 g/mol. The fourth-order valence-electron chi connectivity index (χ4n) is 3.18. The summed E-state index contributed by atoms with van der Waals surface area (Å²) in [5, 5.41) is 0. The smallest absolute Gasteiger partial charge is 0.179 e. The number of ether oxygens (including phenoxy) is 2. The summed E-state index contributed by atoms with van der Waals surface area (Å²) in [5.74, 6) is 0.139. The molecule has 0 aromatic heterocycles. The number of benzene rings is 1. The summed E-state index contributed by atoms with van der Waals surface area (Å²) in [6.45, 7) is 2.72. The van der Waals surface area contributed by atoms with Gasteiger partial charge in [-0.15, -0.1) is 0 Å². The van der Waals surface area contributed by atoms with Gasteiger partial charge in [-0.3, -0.25) is 4.90 Å². The highest BCUT2D eigenvalue weighted by molar-refractivity contribution is 7.91. The van der Waals surface area contributed by atoms with Crippen LogP contribution < -0.4 is 0 Å². The Hall–Kier alpha value is -0.950. The number of hydrogen-bond acceptors (Lipinski definition) is 5. The number of hydrogen-bond donors (Lipinski definition) is 0. The van der Waals surface area contributed by atoms with Gasteiger partial charge in [0.25, 0.3) is 0 Å². The summed E-state index contributed by atoms with van der Waals surface area (Å²) in [7, 11) is -3.23. The van der Waals surface area contributed by atoms with E-state index in [4.69, 9.17) is 9.47 Å². The van der Waals surface area contributed by atoms with E-state index in [-0.39, 0.29) is 18.1 Å². The minimum Gasteiger partial charge on any atom is -0.349 e. The van der Waals surface area contributed by atoms with Crippen molar-refractivity contribution in [3.63, 3.8) is 0 Å². The number of sulfone groups is 1. The Morgan fingerprint density at radius 1 is 1.09 bits per heavy atom. The van der Waals surface area contributed by atoms with Crippen molar-refractivity contribution in [2.45, 2.75) is 36.5 Å². The zero-order chi connectivity index (χ0) is 15.4. The zero-order valence-corrected chi connectivity index (χ0v) is 13.5. The predicted octanol–water partition coefficient (Wildman–Crippen LogP) is 1.69. The summed E-state index contributed by atoms with van der Waals surface area (Å²) in [4.78, 5) is 2.62. The van der Waals surface area contributed by atoms with Gasteiger partial charge in [-0.2, -0.15) is 0 Å². The van der Waals surface area contributed by atoms with Gasteiger partial charge in [-0.25, -0.2) is 8.42 Å². The van der Waals surface area contributed by atoms with E-state index in [2.05, 4.69) is 4.90 Å². The third-order valence-corrected chi connectivity index (χ3v) is 6.09. The van der Waals surface area contributed by atoms with Gasteiger partial charge in [0.15, 0.2) is 16.1 Å². The fraction of sp³-hybridized carbons (Fsp3) is 0.625. The molecule has 1 atom stereocenters. The van der Waals surface area contributed by atoms with Crippen LogP contribution in [0.25, 0.3) is 0 Å². The SMILES string of the molecule is O=S(=O)(CCN1CCCCC1C1OCCO1)c1ccccc1. The van der Waals surface area contributed by atoms with E-state index >= 15 is 0 Å². The molecule has 5 nitrogen and oxygen atoms in total. The standard InChI is InChI=1S/C16H23NO4S/c18-22(19,14-6-2-1-3-7-14)13-10-17-9-5-4-8-15(17)16-20-11-12-21-16/h1-3,6-7,15-16H,4-5,8-13H2. The number of rotatable bonds is 5. The van der Waals surface area contributed by atoms with Crippen LogP contribution in [0.1, 0.15) is 19.3 Å². The van der Waals surface area contributed by atoms with Gasteiger partial charge < -0.3 is 9.47 Å².